The van der Waals surface area contributed by atoms with Crippen molar-refractivity contribution in [3.63, 3.8) is 0 Å². The number of halogens is 4. The van der Waals surface area contributed by atoms with Gasteiger partial charge in [-0.05, 0) is 45.2 Å². The third kappa shape index (κ3) is 4.08. The molecule has 2 aromatic rings. The molecule has 1 aromatic heterocycles. The van der Waals surface area contributed by atoms with E-state index in [4.69, 9.17) is 0 Å². The minimum atomic E-state index is -0.930. The van der Waals surface area contributed by atoms with Gasteiger partial charge in [-0.3, -0.25) is 0 Å². The zero-order valence-electron chi connectivity index (χ0n) is 13.3. The number of benzene rings is 1. The van der Waals surface area contributed by atoms with Gasteiger partial charge in [-0.1, -0.05) is 5.21 Å². The van der Waals surface area contributed by atoms with Crippen molar-refractivity contribution in [1.29, 1.82) is 0 Å². The van der Waals surface area contributed by atoms with Gasteiger partial charge in [0.25, 0.3) is 0 Å². The van der Waals surface area contributed by atoms with E-state index in [-0.39, 0.29) is 18.0 Å². The van der Waals surface area contributed by atoms with Crippen LogP contribution in [-0.2, 0) is 6.42 Å². The molecule has 1 fully saturated rings. The molecule has 1 saturated heterocycles. The molecule has 0 aliphatic carbocycles. The lowest BCUT2D eigenvalue weighted by Crippen LogP contribution is -2.28. The Kier molecular flexibility index (Phi) is 6.23. The van der Waals surface area contributed by atoms with Gasteiger partial charge in [0.05, 0.1) is 11.7 Å². The van der Waals surface area contributed by atoms with Crippen molar-refractivity contribution >= 4 is 12.4 Å². The molecule has 8 heteroatoms. The van der Waals surface area contributed by atoms with Crippen molar-refractivity contribution in [3.05, 3.63) is 47.0 Å². The minimum absolute atomic E-state index is 0. The Labute approximate surface area is 144 Å². The number of aromatic nitrogens is 3. The van der Waals surface area contributed by atoms with E-state index in [2.05, 4.69) is 15.6 Å². The molecule has 4 nitrogen and oxygen atoms in total. The first kappa shape index (κ1) is 18.7. The Morgan fingerprint density at radius 1 is 1.21 bits per heavy atom. The first-order valence-electron chi connectivity index (χ1n) is 7.80. The molecule has 0 amide bonds. The standard InChI is InChI=1S/C16H19F3N4.ClH/c1-10(16-14(18)7-12(17)8-15(16)19)23-9-13(21-22-23)6-11-2-4-20-5-3-11;/h7-11,20H,2-6H2,1H3;1H/t10-;/m0./s1. The topological polar surface area (TPSA) is 42.7 Å². The van der Waals surface area contributed by atoms with Gasteiger partial charge in [0.2, 0.25) is 0 Å². The fraction of sp³-hybridized carbons (Fsp3) is 0.500. The average Bonchev–Trinajstić information content (AvgIpc) is 2.95. The van der Waals surface area contributed by atoms with Gasteiger partial charge in [-0.2, -0.15) is 0 Å². The van der Waals surface area contributed by atoms with Crippen LogP contribution in [0.2, 0.25) is 0 Å². The van der Waals surface area contributed by atoms with E-state index in [0.29, 0.717) is 18.1 Å². The fourth-order valence-corrected chi connectivity index (χ4v) is 3.06. The van der Waals surface area contributed by atoms with Gasteiger partial charge >= 0.3 is 0 Å². The monoisotopic (exact) mass is 360 g/mol. The molecule has 132 valence electrons. The maximum Gasteiger partial charge on any atom is 0.134 e. The summed E-state index contributed by atoms with van der Waals surface area (Å²) in [7, 11) is 0. The van der Waals surface area contributed by atoms with Crippen LogP contribution >= 0.6 is 12.4 Å². The number of nitrogens with one attached hydrogen (secondary N) is 1. The van der Waals surface area contributed by atoms with Gasteiger partial charge in [0, 0.05) is 23.9 Å². The summed E-state index contributed by atoms with van der Waals surface area (Å²) in [5, 5.41) is 11.4. The Morgan fingerprint density at radius 2 is 1.83 bits per heavy atom. The molecular formula is C16H20ClF3N4. The van der Waals surface area contributed by atoms with E-state index >= 15 is 0 Å². The van der Waals surface area contributed by atoms with Crippen molar-refractivity contribution in [2.45, 2.75) is 32.2 Å². The molecule has 0 saturated carbocycles. The predicted molar refractivity (Wildman–Crippen MR) is 86.7 cm³/mol. The molecule has 0 spiro atoms. The summed E-state index contributed by atoms with van der Waals surface area (Å²) in [6, 6.07) is 0.675. The van der Waals surface area contributed by atoms with E-state index in [0.717, 1.165) is 38.0 Å². The largest absolute Gasteiger partial charge is 0.317 e. The van der Waals surface area contributed by atoms with Gasteiger partial charge in [-0.25, -0.2) is 17.9 Å². The van der Waals surface area contributed by atoms with Crippen molar-refractivity contribution in [2.24, 2.45) is 5.92 Å². The zero-order valence-corrected chi connectivity index (χ0v) is 14.1. The highest BCUT2D eigenvalue weighted by molar-refractivity contribution is 5.85. The van der Waals surface area contributed by atoms with Crippen molar-refractivity contribution in [3.8, 4) is 0 Å². The molecule has 1 aromatic carbocycles. The molecular weight excluding hydrogens is 341 g/mol. The highest BCUT2D eigenvalue weighted by Gasteiger charge is 2.21. The lowest BCUT2D eigenvalue weighted by atomic mass is 9.93. The van der Waals surface area contributed by atoms with E-state index in [1.165, 1.54) is 4.68 Å². The first-order chi connectivity index (χ1) is 11.0. The van der Waals surface area contributed by atoms with Crippen molar-refractivity contribution < 1.29 is 13.2 Å². The Balaban J connectivity index is 0.00000208. The van der Waals surface area contributed by atoms with Gasteiger partial charge in [-0.15, -0.1) is 17.5 Å². The van der Waals surface area contributed by atoms with Gasteiger partial charge in [0.15, 0.2) is 0 Å². The molecule has 1 N–H and O–H groups in total. The maximum absolute atomic E-state index is 13.9. The molecule has 3 rings (SSSR count). The molecule has 0 bridgehead atoms. The highest BCUT2D eigenvalue weighted by atomic mass is 35.5. The van der Waals surface area contributed by atoms with Crippen LogP contribution in [0.5, 0.6) is 0 Å². The quantitative estimate of drug-likeness (QED) is 0.910. The maximum atomic E-state index is 13.9. The second kappa shape index (κ2) is 7.98. The lowest BCUT2D eigenvalue weighted by molar-refractivity contribution is 0.370. The fourth-order valence-electron chi connectivity index (χ4n) is 3.06. The highest BCUT2D eigenvalue weighted by Crippen LogP contribution is 2.25. The summed E-state index contributed by atoms with van der Waals surface area (Å²) in [4.78, 5) is 0. The number of hydrogen-bond acceptors (Lipinski definition) is 3. The summed E-state index contributed by atoms with van der Waals surface area (Å²) in [6.07, 6.45) is 4.70. The van der Waals surface area contributed by atoms with Crippen LogP contribution in [0.1, 0.15) is 37.1 Å². The second-order valence-corrected chi connectivity index (χ2v) is 6.05. The number of hydrogen-bond donors (Lipinski definition) is 1. The molecule has 1 aliphatic rings. The van der Waals surface area contributed by atoms with Crippen LogP contribution < -0.4 is 5.32 Å². The smallest absolute Gasteiger partial charge is 0.134 e. The molecule has 2 heterocycles. The molecule has 0 radical (unpaired) electrons. The number of piperidine rings is 1. The Hall–Kier alpha value is -1.60. The number of nitrogens with zero attached hydrogens (tertiary/aromatic N) is 3. The van der Waals surface area contributed by atoms with E-state index in [1.807, 2.05) is 0 Å². The third-order valence-corrected chi connectivity index (χ3v) is 4.37. The summed E-state index contributed by atoms with van der Waals surface area (Å²) >= 11 is 0. The van der Waals surface area contributed by atoms with Crippen molar-refractivity contribution in [1.82, 2.24) is 20.3 Å². The Morgan fingerprint density at radius 3 is 2.46 bits per heavy atom. The van der Waals surface area contributed by atoms with E-state index < -0.39 is 23.5 Å². The first-order valence-corrected chi connectivity index (χ1v) is 7.80. The van der Waals surface area contributed by atoms with Crippen LogP contribution in [0.25, 0.3) is 0 Å². The summed E-state index contributed by atoms with van der Waals surface area (Å²) in [6.45, 7) is 3.62. The van der Waals surface area contributed by atoms with E-state index in [9.17, 15) is 13.2 Å². The second-order valence-electron chi connectivity index (χ2n) is 6.05. The van der Waals surface area contributed by atoms with Crippen molar-refractivity contribution in [2.75, 3.05) is 13.1 Å². The zero-order chi connectivity index (χ0) is 16.4. The van der Waals surface area contributed by atoms with Crippen LogP contribution in [-0.4, -0.2) is 28.1 Å². The molecule has 1 aliphatic heterocycles. The molecule has 24 heavy (non-hydrogen) atoms. The van der Waals surface area contributed by atoms with Gasteiger partial charge in [0.1, 0.15) is 17.5 Å². The third-order valence-electron chi connectivity index (χ3n) is 4.37. The van der Waals surface area contributed by atoms with Crippen LogP contribution in [0.15, 0.2) is 18.3 Å². The van der Waals surface area contributed by atoms with Crippen LogP contribution in [0.3, 0.4) is 0 Å². The normalized spacial score (nSPS) is 16.7. The summed E-state index contributed by atoms with van der Waals surface area (Å²) in [5.74, 6) is -2.20. The number of rotatable bonds is 4. The van der Waals surface area contributed by atoms with Crippen LogP contribution in [0, 0.1) is 23.4 Å². The average molecular weight is 361 g/mol. The Bertz CT molecular complexity index is 663. The van der Waals surface area contributed by atoms with E-state index in [1.54, 1.807) is 13.1 Å². The van der Waals surface area contributed by atoms with Gasteiger partial charge < -0.3 is 5.32 Å². The van der Waals surface area contributed by atoms with Crippen LogP contribution in [0.4, 0.5) is 13.2 Å². The molecule has 0 unspecified atom stereocenters. The summed E-state index contributed by atoms with van der Waals surface area (Å²) < 4.78 is 42.2. The predicted octanol–water partition coefficient (Wildman–Crippen LogP) is 3.27. The lowest BCUT2D eigenvalue weighted by Gasteiger charge is -2.21. The SMILES string of the molecule is C[C@@H](c1c(F)cc(F)cc1F)n1cc(CC2CCNCC2)nn1.Cl. The minimum Gasteiger partial charge on any atom is -0.317 e. The summed E-state index contributed by atoms with van der Waals surface area (Å²) in [5.41, 5.74) is 0.608. The molecule has 1 atom stereocenters.